The highest BCUT2D eigenvalue weighted by molar-refractivity contribution is 5.90. The van der Waals surface area contributed by atoms with Crippen LogP contribution in [0.2, 0.25) is 0 Å². The minimum atomic E-state index is -0.324. The molecule has 8 nitrogen and oxygen atoms in total. The fourth-order valence-corrected chi connectivity index (χ4v) is 4.56. The van der Waals surface area contributed by atoms with E-state index in [4.69, 9.17) is 9.84 Å². The summed E-state index contributed by atoms with van der Waals surface area (Å²) in [5.74, 6) is 1.12. The SMILES string of the molecule is COCc1ccc(C2CC2)c(CNC(=O)Nc2c(C)c(-c3ccn(C)c(=O)c3)nn2-c2ccccc2)c1. The minimum Gasteiger partial charge on any atom is -0.380 e. The van der Waals surface area contributed by atoms with Crippen molar-refractivity contribution >= 4 is 11.8 Å². The van der Waals surface area contributed by atoms with Crippen LogP contribution in [0, 0.1) is 6.92 Å². The lowest BCUT2D eigenvalue weighted by atomic mass is 10.0. The van der Waals surface area contributed by atoms with Crippen molar-refractivity contribution in [3.8, 4) is 16.9 Å². The van der Waals surface area contributed by atoms with Crippen molar-refractivity contribution in [2.45, 2.75) is 38.8 Å². The van der Waals surface area contributed by atoms with Crippen molar-refractivity contribution in [3.05, 3.63) is 99.5 Å². The molecule has 190 valence electrons. The fourth-order valence-electron chi connectivity index (χ4n) is 4.56. The molecule has 0 bridgehead atoms. The second-order valence-electron chi connectivity index (χ2n) is 9.48. The Morgan fingerprint density at radius 1 is 1.11 bits per heavy atom. The van der Waals surface area contributed by atoms with Gasteiger partial charge in [0.1, 0.15) is 5.82 Å². The van der Waals surface area contributed by atoms with Gasteiger partial charge in [0.2, 0.25) is 0 Å². The number of carbonyl (C=O) groups is 1. The Balaban J connectivity index is 1.42. The number of methoxy groups -OCH3 is 1. The molecule has 2 aromatic carbocycles. The number of ether oxygens (including phenoxy) is 1. The van der Waals surface area contributed by atoms with Crippen LogP contribution in [0.15, 0.2) is 71.7 Å². The largest absolute Gasteiger partial charge is 0.380 e. The van der Waals surface area contributed by atoms with Crippen LogP contribution in [0.25, 0.3) is 16.9 Å². The van der Waals surface area contributed by atoms with Gasteiger partial charge in [0.15, 0.2) is 0 Å². The number of nitrogens with zero attached hydrogens (tertiary/aromatic N) is 3. The third kappa shape index (κ3) is 5.34. The molecule has 5 rings (SSSR count). The Hall–Kier alpha value is -4.17. The maximum atomic E-state index is 13.1. The minimum absolute atomic E-state index is 0.124. The second-order valence-corrected chi connectivity index (χ2v) is 9.48. The Morgan fingerprint density at radius 3 is 2.59 bits per heavy atom. The van der Waals surface area contributed by atoms with Gasteiger partial charge in [0, 0.05) is 44.1 Å². The number of carbonyl (C=O) groups excluding carboxylic acids is 1. The van der Waals surface area contributed by atoms with Gasteiger partial charge in [-0.3, -0.25) is 10.1 Å². The molecular formula is C29H31N5O3. The smallest absolute Gasteiger partial charge is 0.320 e. The number of anilines is 1. The lowest BCUT2D eigenvalue weighted by molar-refractivity contribution is 0.185. The monoisotopic (exact) mass is 497 g/mol. The molecule has 1 saturated carbocycles. The van der Waals surface area contributed by atoms with Crippen LogP contribution in [0.1, 0.15) is 41.0 Å². The van der Waals surface area contributed by atoms with Crippen LogP contribution in [0.4, 0.5) is 10.6 Å². The average Bonchev–Trinajstić information content (AvgIpc) is 3.70. The topological polar surface area (TPSA) is 90.2 Å². The van der Waals surface area contributed by atoms with Crippen LogP contribution in [0.3, 0.4) is 0 Å². The van der Waals surface area contributed by atoms with E-state index in [0.29, 0.717) is 36.1 Å². The number of aromatic nitrogens is 3. The van der Waals surface area contributed by atoms with Gasteiger partial charge >= 0.3 is 6.03 Å². The maximum absolute atomic E-state index is 13.1. The summed E-state index contributed by atoms with van der Waals surface area (Å²) in [6.45, 7) is 2.84. The molecule has 1 aliphatic rings. The number of hydrogen-bond donors (Lipinski definition) is 2. The van der Waals surface area contributed by atoms with E-state index in [1.807, 2.05) is 43.3 Å². The first-order valence-corrected chi connectivity index (χ1v) is 12.4. The number of amides is 2. The summed E-state index contributed by atoms with van der Waals surface area (Å²) in [5, 5.41) is 10.8. The highest BCUT2D eigenvalue weighted by atomic mass is 16.5. The number of urea groups is 1. The molecule has 0 saturated heterocycles. The van der Waals surface area contributed by atoms with E-state index >= 15 is 0 Å². The van der Waals surface area contributed by atoms with E-state index in [9.17, 15) is 9.59 Å². The first kappa shape index (κ1) is 24.5. The van der Waals surface area contributed by atoms with Gasteiger partial charge in [0.05, 0.1) is 18.0 Å². The summed E-state index contributed by atoms with van der Waals surface area (Å²) in [4.78, 5) is 25.4. The third-order valence-electron chi connectivity index (χ3n) is 6.71. The van der Waals surface area contributed by atoms with Crippen molar-refractivity contribution in [3.63, 3.8) is 0 Å². The molecule has 2 amide bonds. The normalized spacial score (nSPS) is 12.9. The van der Waals surface area contributed by atoms with Crippen LogP contribution in [0.5, 0.6) is 0 Å². The molecule has 1 aliphatic carbocycles. The van der Waals surface area contributed by atoms with Crippen molar-refractivity contribution < 1.29 is 9.53 Å². The van der Waals surface area contributed by atoms with Gasteiger partial charge in [-0.15, -0.1) is 0 Å². The summed E-state index contributed by atoms with van der Waals surface area (Å²) in [7, 11) is 3.39. The van der Waals surface area contributed by atoms with Gasteiger partial charge in [-0.2, -0.15) is 5.10 Å². The van der Waals surface area contributed by atoms with Crippen LogP contribution < -0.4 is 16.2 Å². The van der Waals surface area contributed by atoms with Gasteiger partial charge in [-0.05, 0) is 60.6 Å². The zero-order valence-corrected chi connectivity index (χ0v) is 21.3. The van der Waals surface area contributed by atoms with E-state index in [1.54, 1.807) is 31.1 Å². The summed E-state index contributed by atoms with van der Waals surface area (Å²) in [6, 6.07) is 19.1. The number of para-hydroxylation sites is 1. The highest BCUT2D eigenvalue weighted by Gasteiger charge is 2.26. The van der Waals surface area contributed by atoms with Gasteiger partial charge in [-0.25, -0.2) is 9.48 Å². The predicted octanol–water partition coefficient (Wildman–Crippen LogP) is 4.89. The number of pyridine rings is 1. The molecule has 2 heterocycles. The van der Waals surface area contributed by atoms with Crippen LogP contribution in [-0.2, 0) is 24.9 Å². The van der Waals surface area contributed by atoms with Crippen molar-refractivity contribution in [1.82, 2.24) is 19.7 Å². The molecule has 0 spiro atoms. The maximum Gasteiger partial charge on any atom is 0.320 e. The number of benzene rings is 2. The van der Waals surface area contributed by atoms with Crippen LogP contribution >= 0.6 is 0 Å². The molecule has 0 radical (unpaired) electrons. The number of nitrogens with one attached hydrogen (secondary N) is 2. The van der Waals surface area contributed by atoms with Gasteiger partial charge < -0.3 is 14.6 Å². The average molecular weight is 498 g/mol. The Morgan fingerprint density at radius 2 is 1.89 bits per heavy atom. The molecule has 4 aromatic rings. The lowest BCUT2D eigenvalue weighted by Crippen LogP contribution is -2.29. The predicted molar refractivity (Wildman–Crippen MR) is 144 cm³/mol. The van der Waals surface area contributed by atoms with Gasteiger partial charge in [0.25, 0.3) is 5.56 Å². The third-order valence-corrected chi connectivity index (χ3v) is 6.71. The first-order valence-electron chi connectivity index (χ1n) is 12.4. The molecule has 1 fully saturated rings. The van der Waals surface area contributed by atoms with Crippen molar-refractivity contribution in [2.24, 2.45) is 7.05 Å². The quantitative estimate of drug-likeness (QED) is 0.363. The van der Waals surface area contributed by atoms with E-state index in [0.717, 1.165) is 22.4 Å². The molecule has 0 aliphatic heterocycles. The molecule has 37 heavy (non-hydrogen) atoms. The summed E-state index contributed by atoms with van der Waals surface area (Å²) in [6.07, 6.45) is 4.08. The first-order chi connectivity index (χ1) is 17.9. The Bertz CT molecular complexity index is 1490. The van der Waals surface area contributed by atoms with E-state index < -0.39 is 0 Å². The van der Waals surface area contributed by atoms with E-state index in [-0.39, 0.29) is 11.6 Å². The van der Waals surface area contributed by atoms with Crippen molar-refractivity contribution in [1.29, 1.82) is 0 Å². The zero-order valence-electron chi connectivity index (χ0n) is 21.3. The molecule has 0 atom stereocenters. The molecule has 2 aromatic heterocycles. The number of hydrogen-bond acceptors (Lipinski definition) is 4. The van der Waals surface area contributed by atoms with Crippen LogP contribution in [-0.4, -0.2) is 27.5 Å². The standard InChI is InChI=1S/C29H31N5O3/c1-19-27(22-13-14-33(2)26(35)16-22)32-34(24-7-5-4-6-8-24)28(19)31-29(36)30-17-23-15-20(18-37-3)9-12-25(23)21-10-11-21/h4-9,12-16,21H,10-11,17-18H2,1-3H3,(H2,30,31,36). The Labute approximate surface area is 215 Å². The number of aryl methyl sites for hydroxylation is 1. The zero-order chi connectivity index (χ0) is 25.9. The Kier molecular flexibility index (Phi) is 6.92. The molecular weight excluding hydrogens is 466 g/mol. The highest BCUT2D eigenvalue weighted by Crippen LogP contribution is 2.42. The molecule has 2 N–H and O–H groups in total. The van der Waals surface area contributed by atoms with Gasteiger partial charge in [-0.1, -0.05) is 36.4 Å². The number of rotatable bonds is 8. The summed E-state index contributed by atoms with van der Waals surface area (Å²) in [5.41, 5.74) is 6.27. The second kappa shape index (κ2) is 10.4. The molecule has 0 unspecified atom stereocenters. The lowest BCUT2D eigenvalue weighted by Gasteiger charge is -2.14. The fraction of sp³-hybridized carbons (Fsp3) is 0.276. The molecule has 8 heteroatoms. The van der Waals surface area contributed by atoms with E-state index in [2.05, 4.69) is 28.8 Å². The van der Waals surface area contributed by atoms with Crippen molar-refractivity contribution in [2.75, 3.05) is 12.4 Å². The summed E-state index contributed by atoms with van der Waals surface area (Å²) < 4.78 is 8.51. The summed E-state index contributed by atoms with van der Waals surface area (Å²) >= 11 is 0. The van der Waals surface area contributed by atoms with E-state index in [1.165, 1.54) is 23.0 Å².